The van der Waals surface area contributed by atoms with Gasteiger partial charge >= 0.3 is 0 Å². The molecule has 3 nitrogen and oxygen atoms in total. The maximum absolute atomic E-state index is 12.3. The van der Waals surface area contributed by atoms with Crippen LogP contribution in [-0.4, -0.2) is 9.78 Å². The zero-order chi connectivity index (χ0) is 13.4. The molecular formula is C14H14Br2N2O. The van der Waals surface area contributed by atoms with Crippen LogP contribution in [0.3, 0.4) is 0 Å². The third kappa shape index (κ3) is 2.46. The Morgan fingerprint density at radius 3 is 2.37 bits per heavy atom. The lowest BCUT2D eigenvalue weighted by Crippen LogP contribution is -2.14. The van der Waals surface area contributed by atoms with Crippen molar-refractivity contribution in [2.75, 3.05) is 0 Å². The van der Waals surface area contributed by atoms with E-state index in [1.165, 1.54) is 25.7 Å². The summed E-state index contributed by atoms with van der Waals surface area (Å²) in [5.41, 5.74) is 1.90. The van der Waals surface area contributed by atoms with Crippen molar-refractivity contribution in [1.82, 2.24) is 9.78 Å². The summed E-state index contributed by atoms with van der Waals surface area (Å²) >= 11 is 6.85. The topological polar surface area (TPSA) is 37.8 Å². The molecule has 1 N–H and O–H groups in total. The average Bonchev–Trinajstić information content (AvgIpc) is 3.02. The first-order chi connectivity index (χ1) is 9.16. The number of rotatable bonds is 2. The molecule has 0 spiro atoms. The number of hydrogen-bond acceptors (Lipinski definition) is 1. The van der Waals surface area contributed by atoms with E-state index in [2.05, 4.69) is 37.0 Å². The largest absolute Gasteiger partial charge is 0.294 e. The summed E-state index contributed by atoms with van der Waals surface area (Å²) in [6.07, 6.45) is 4.84. The molecule has 1 fully saturated rings. The predicted molar refractivity (Wildman–Crippen MR) is 83.0 cm³/mol. The minimum absolute atomic E-state index is 0.00998. The van der Waals surface area contributed by atoms with Gasteiger partial charge in [-0.1, -0.05) is 28.8 Å². The van der Waals surface area contributed by atoms with Gasteiger partial charge in [0.25, 0.3) is 5.56 Å². The van der Waals surface area contributed by atoms with E-state index < -0.39 is 0 Å². The van der Waals surface area contributed by atoms with Gasteiger partial charge in [-0.25, -0.2) is 4.68 Å². The second-order valence-electron chi connectivity index (χ2n) is 4.94. The van der Waals surface area contributed by atoms with Gasteiger partial charge < -0.3 is 0 Å². The zero-order valence-corrected chi connectivity index (χ0v) is 13.5. The van der Waals surface area contributed by atoms with E-state index in [0.717, 1.165) is 15.9 Å². The van der Waals surface area contributed by atoms with Gasteiger partial charge in [-0.2, -0.15) is 0 Å². The van der Waals surface area contributed by atoms with Gasteiger partial charge in [0.05, 0.1) is 11.4 Å². The lowest BCUT2D eigenvalue weighted by atomic mass is 10.1. The Balaban J connectivity index is 2.05. The number of H-pyrrole nitrogens is 1. The van der Waals surface area contributed by atoms with Crippen LogP contribution in [0, 0.1) is 0 Å². The van der Waals surface area contributed by atoms with E-state index >= 15 is 0 Å². The van der Waals surface area contributed by atoms with Gasteiger partial charge in [-0.15, -0.1) is 0 Å². The summed E-state index contributed by atoms with van der Waals surface area (Å²) in [6, 6.07) is 7.72. The van der Waals surface area contributed by atoms with E-state index in [1.807, 2.05) is 24.3 Å². The maximum atomic E-state index is 12.3. The third-order valence-electron chi connectivity index (χ3n) is 3.71. The summed E-state index contributed by atoms with van der Waals surface area (Å²) in [4.78, 5) is 12.3. The van der Waals surface area contributed by atoms with Crippen molar-refractivity contribution < 1.29 is 0 Å². The van der Waals surface area contributed by atoms with Crippen molar-refractivity contribution in [3.63, 3.8) is 0 Å². The molecule has 0 radical (unpaired) electrons. The molecule has 3 rings (SSSR count). The van der Waals surface area contributed by atoms with Gasteiger partial charge in [-0.3, -0.25) is 9.89 Å². The molecule has 1 aromatic carbocycles. The van der Waals surface area contributed by atoms with Crippen LogP contribution < -0.4 is 5.56 Å². The standard InChI is InChI=1S/C14H14Br2N2O/c15-10-5-7-11(8-6-10)18-14(19)12(16)13(17-18)9-3-1-2-4-9/h5-9,17H,1-4H2. The van der Waals surface area contributed by atoms with Crippen LogP contribution in [0.25, 0.3) is 5.69 Å². The van der Waals surface area contributed by atoms with Crippen LogP contribution in [0.4, 0.5) is 0 Å². The third-order valence-corrected chi connectivity index (χ3v) is 5.00. The SMILES string of the molecule is O=c1c(Br)c(C2CCCC2)[nH]n1-c1ccc(Br)cc1. The highest BCUT2D eigenvalue weighted by Gasteiger charge is 2.24. The van der Waals surface area contributed by atoms with Gasteiger partial charge in [0.2, 0.25) is 0 Å². The van der Waals surface area contributed by atoms with Crippen molar-refractivity contribution in [3.05, 3.63) is 49.3 Å². The van der Waals surface area contributed by atoms with Gasteiger partial charge in [-0.05, 0) is 53.0 Å². The van der Waals surface area contributed by atoms with Crippen molar-refractivity contribution in [2.24, 2.45) is 0 Å². The van der Waals surface area contributed by atoms with Crippen LogP contribution in [0.5, 0.6) is 0 Å². The Hall–Kier alpha value is -0.810. The van der Waals surface area contributed by atoms with Gasteiger partial charge in [0.15, 0.2) is 0 Å². The highest BCUT2D eigenvalue weighted by Crippen LogP contribution is 2.35. The maximum Gasteiger partial charge on any atom is 0.285 e. The Morgan fingerprint density at radius 1 is 1.11 bits per heavy atom. The van der Waals surface area contributed by atoms with E-state index in [0.29, 0.717) is 10.4 Å². The Labute approximate surface area is 128 Å². The highest BCUT2D eigenvalue weighted by atomic mass is 79.9. The summed E-state index contributed by atoms with van der Waals surface area (Å²) in [5.74, 6) is 0.485. The number of aromatic amines is 1. The van der Waals surface area contributed by atoms with Crippen molar-refractivity contribution >= 4 is 31.9 Å². The summed E-state index contributed by atoms with van der Waals surface area (Å²) < 4.78 is 3.30. The van der Waals surface area contributed by atoms with E-state index in [-0.39, 0.29) is 5.56 Å². The molecule has 1 heterocycles. The first-order valence-corrected chi connectivity index (χ1v) is 8.02. The lowest BCUT2D eigenvalue weighted by molar-refractivity contribution is 0.675. The molecule has 19 heavy (non-hydrogen) atoms. The molecule has 0 saturated heterocycles. The Morgan fingerprint density at radius 2 is 1.74 bits per heavy atom. The van der Waals surface area contributed by atoms with Crippen LogP contribution >= 0.6 is 31.9 Å². The molecular weight excluding hydrogens is 372 g/mol. The molecule has 100 valence electrons. The van der Waals surface area contributed by atoms with Gasteiger partial charge in [0.1, 0.15) is 4.47 Å². The fourth-order valence-electron chi connectivity index (χ4n) is 2.69. The molecule has 1 aromatic heterocycles. The summed E-state index contributed by atoms with van der Waals surface area (Å²) in [6.45, 7) is 0. The van der Waals surface area contributed by atoms with Crippen LogP contribution in [0.2, 0.25) is 0 Å². The van der Waals surface area contributed by atoms with Crippen LogP contribution in [-0.2, 0) is 0 Å². The molecule has 0 atom stereocenters. The molecule has 2 aromatic rings. The van der Waals surface area contributed by atoms with Gasteiger partial charge in [0, 0.05) is 10.4 Å². The molecule has 1 saturated carbocycles. The number of aromatic nitrogens is 2. The molecule has 1 aliphatic carbocycles. The monoisotopic (exact) mass is 384 g/mol. The number of halogens is 2. The highest BCUT2D eigenvalue weighted by molar-refractivity contribution is 9.10. The predicted octanol–water partition coefficient (Wildman–Crippen LogP) is 4.35. The minimum Gasteiger partial charge on any atom is -0.294 e. The normalized spacial score (nSPS) is 16.1. The average molecular weight is 386 g/mol. The molecule has 5 heteroatoms. The summed E-state index contributed by atoms with van der Waals surface area (Å²) in [5, 5.41) is 3.27. The molecule has 0 unspecified atom stereocenters. The zero-order valence-electron chi connectivity index (χ0n) is 10.3. The molecule has 0 amide bonds. The number of nitrogens with one attached hydrogen (secondary N) is 1. The Kier molecular flexibility index (Phi) is 3.67. The fraction of sp³-hybridized carbons (Fsp3) is 0.357. The Bertz CT molecular complexity index is 636. The lowest BCUT2D eigenvalue weighted by Gasteiger charge is -2.07. The molecule has 0 bridgehead atoms. The number of benzene rings is 1. The van der Waals surface area contributed by atoms with Crippen molar-refractivity contribution in [2.45, 2.75) is 31.6 Å². The quantitative estimate of drug-likeness (QED) is 0.819. The van der Waals surface area contributed by atoms with Crippen molar-refractivity contribution in [3.8, 4) is 5.69 Å². The van der Waals surface area contributed by atoms with E-state index in [4.69, 9.17) is 0 Å². The first-order valence-electron chi connectivity index (χ1n) is 6.43. The minimum atomic E-state index is -0.00998. The van der Waals surface area contributed by atoms with Crippen LogP contribution in [0.15, 0.2) is 38.0 Å². The second-order valence-corrected chi connectivity index (χ2v) is 6.65. The number of hydrogen-bond donors (Lipinski definition) is 1. The summed E-state index contributed by atoms with van der Waals surface area (Å²) in [7, 11) is 0. The van der Waals surface area contributed by atoms with E-state index in [1.54, 1.807) is 4.68 Å². The smallest absolute Gasteiger partial charge is 0.285 e. The molecule has 0 aliphatic heterocycles. The number of nitrogens with zero attached hydrogens (tertiary/aromatic N) is 1. The first kappa shape index (κ1) is 13.2. The molecule has 1 aliphatic rings. The van der Waals surface area contributed by atoms with E-state index in [9.17, 15) is 4.79 Å². The van der Waals surface area contributed by atoms with Crippen LogP contribution in [0.1, 0.15) is 37.3 Å². The van der Waals surface area contributed by atoms with Crippen molar-refractivity contribution in [1.29, 1.82) is 0 Å². The fourth-order valence-corrected chi connectivity index (χ4v) is 3.54. The second kappa shape index (κ2) is 5.29.